The third-order valence-electron chi connectivity index (χ3n) is 5.02. The lowest BCUT2D eigenvalue weighted by Crippen LogP contribution is -2.53. The zero-order valence-electron chi connectivity index (χ0n) is 15.4. The molecule has 1 fully saturated rings. The van der Waals surface area contributed by atoms with E-state index in [1.54, 1.807) is 0 Å². The second kappa shape index (κ2) is 8.32. The highest BCUT2D eigenvalue weighted by molar-refractivity contribution is 5.81. The summed E-state index contributed by atoms with van der Waals surface area (Å²) < 4.78 is 13.1. The van der Waals surface area contributed by atoms with Gasteiger partial charge in [-0.3, -0.25) is 9.69 Å². The van der Waals surface area contributed by atoms with E-state index in [4.69, 9.17) is 0 Å². The van der Waals surface area contributed by atoms with Gasteiger partial charge in [0.15, 0.2) is 0 Å². The predicted octanol–water partition coefficient (Wildman–Crippen LogP) is 2.96. The van der Waals surface area contributed by atoms with Gasteiger partial charge in [-0.25, -0.2) is 4.39 Å². The summed E-state index contributed by atoms with van der Waals surface area (Å²) >= 11 is 0. The summed E-state index contributed by atoms with van der Waals surface area (Å²) in [6.07, 6.45) is 0. The lowest BCUT2D eigenvalue weighted by molar-refractivity contribution is -0.126. The Bertz CT molecular complexity index is 722. The van der Waals surface area contributed by atoms with Gasteiger partial charge in [0.25, 0.3) is 0 Å². The number of hydrogen-bond donors (Lipinski definition) is 1. The highest BCUT2D eigenvalue weighted by Gasteiger charge is 2.25. The first-order chi connectivity index (χ1) is 12.5. The number of carbonyl (C=O) groups excluding carboxylic acids is 1. The van der Waals surface area contributed by atoms with Crippen molar-refractivity contribution in [3.63, 3.8) is 0 Å². The maximum absolute atomic E-state index is 13.1. The molecule has 0 saturated carbocycles. The molecule has 26 heavy (non-hydrogen) atoms. The lowest BCUT2D eigenvalue weighted by Gasteiger charge is -2.38. The van der Waals surface area contributed by atoms with E-state index in [1.807, 2.05) is 31.2 Å². The van der Waals surface area contributed by atoms with Crippen LogP contribution in [0.4, 0.5) is 10.1 Å². The van der Waals surface area contributed by atoms with Crippen LogP contribution in [0.5, 0.6) is 0 Å². The Morgan fingerprint density at radius 2 is 1.65 bits per heavy atom. The molecule has 0 bridgehead atoms. The van der Waals surface area contributed by atoms with Gasteiger partial charge in [-0.05, 0) is 43.7 Å². The Balaban J connectivity index is 1.48. The molecule has 1 atom stereocenters. The Morgan fingerprint density at radius 1 is 1.04 bits per heavy atom. The fourth-order valence-electron chi connectivity index (χ4n) is 3.23. The number of benzene rings is 2. The summed E-state index contributed by atoms with van der Waals surface area (Å²) in [5.74, 6) is -0.160. The van der Waals surface area contributed by atoms with E-state index in [1.165, 1.54) is 17.7 Å². The molecule has 3 rings (SSSR count). The molecular formula is C21H26FN3O. The van der Waals surface area contributed by atoms with Crippen molar-refractivity contribution in [1.29, 1.82) is 0 Å². The Morgan fingerprint density at radius 3 is 2.27 bits per heavy atom. The fourth-order valence-corrected chi connectivity index (χ4v) is 3.23. The van der Waals surface area contributed by atoms with Crippen LogP contribution in [0.25, 0.3) is 0 Å². The molecule has 1 N–H and O–H groups in total. The van der Waals surface area contributed by atoms with E-state index in [-0.39, 0.29) is 17.8 Å². The summed E-state index contributed by atoms with van der Waals surface area (Å²) in [6.45, 7) is 7.86. The molecule has 0 aliphatic carbocycles. The standard InChI is InChI=1S/C21H26FN3O/c1-16-3-5-18(6-4-16)15-23-21(26)17(2)24-11-13-25(14-12-24)20-9-7-19(22)8-10-20/h3-10,17H,11-15H2,1-2H3,(H,23,26)/t17-/m0/s1. The van der Waals surface area contributed by atoms with Crippen LogP contribution in [0, 0.1) is 12.7 Å². The van der Waals surface area contributed by atoms with Crippen molar-refractivity contribution in [2.75, 3.05) is 31.1 Å². The van der Waals surface area contributed by atoms with E-state index in [0.29, 0.717) is 6.54 Å². The van der Waals surface area contributed by atoms with E-state index in [2.05, 4.69) is 34.2 Å². The van der Waals surface area contributed by atoms with Crippen LogP contribution in [0.2, 0.25) is 0 Å². The number of anilines is 1. The van der Waals surface area contributed by atoms with Crippen LogP contribution in [-0.4, -0.2) is 43.0 Å². The third-order valence-corrected chi connectivity index (χ3v) is 5.02. The normalized spacial score (nSPS) is 16.3. The number of nitrogens with zero attached hydrogens (tertiary/aromatic N) is 2. The first-order valence-corrected chi connectivity index (χ1v) is 9.11. The van der Waals surface area contributed by atoms with Crippen LogP contribution >= 0.6 is 0 Å². The van der Waals surface area contributed by atoms with Crippen LogP contribution in [0.15, 0.2) is 48.5 Å². The van der Waals surface area contributed by atoms with E-state index in [9.17, 15) is 9.18 Å². The van der Waals surface area contributed by atoms with Crippen molar-refractivity contribution in [3.05, 3.63) is 65.5 Å². The number of hydrogen-bond acceptors (Lipinski definition) is 3. The van der Waals surface area contributed by atoms with E-state index < -0.39 is 0 Å². The number of rotatable bonds is 5. The molecule has 5 heteroatoms. The summed E-state index contributed by atoms with van der Waals surface area (Å²) in [7, 11) is 0. The summed E-state index contributed by atoms with van der Waals surface area (Å²) in [5.41, 5.74) is 3.35. The van der Waals surface area contributed by atoms with Gasteiger partial charge in [0, 0.05) is 38.4 Å². The summed E-state index contributed by atoms with van der Waals surface area (Å²) in [4.78, 5) is 16.9. The van der Waals surface area contributed by atoms with Crippen molar-refractivity contribution in [1.82, 2.24) is 10.2 Å². The molecular weight excluding hydrogens is 329 g/mol. The molecule has 0 spiro atoms. The van der Waals surface area contributed by atoms with Gasteiger partial charge in [-0.2, -0.15) is 0 Å². The molecule has 1 heterocycles. The first kappa shape index (κ1) is 18.4. The van der Waals surface area contributed by atoms with Gasteiger partial charge in [-0.15, -0.1) is 0 Å². The van der Waals surface area contributed by atoms with E-state index in [0.717, 1.165) is 37.4 Å². The highest BCUT2D eigenvalue weighted by Crippen LogP contribution is 2.18. The molecule has 4 nitrogen and oxygen atoms in total. The van der Waals surface area contributed by atoms with Gasteiger partial charge in [0.05, 0.1) is 6.04 Å². The van der Waals surface area contributed by atoms with Gasteiger partial charge in [0.1, 0.15) is 5.82 Å². The third kappa shape index (κ3) is 4.61. The minimum Gasteiger partial charge on any atom is -0.369 e. The quantitative estimate of drug-likeness (QED) is 0.896. The number of amides is 1. The van der Waals surface area contributed by atoms with Crippen LogP contribution in [0.3, 0.4) is 0 Å². The monoisotopic (exact) mass is 355 g/mol. The average Bonchev–Trinajstić information content (AvgIpc) is 2.67. The molecule has 1 aliphatic heterocycles. The predicted molar refractivity (Wildman–Crippen MR) is 103 cm³/mol. The molecule has 1 amide bonds. The van der Waals surface area contributed by atoms with Crippen molar-refractivity contribution >= 4 is 11.6 Å². The number of aryl methyl sites for hydroxylation is 1. The van der Waals surface area contributed by atoms with Crippen molar-refractivity contribution in [2.24, 2.45) is 0 Å². The van der Waals surface area contributed by atoms with Gasteiger partial charge >= 0.3 is 0 Å². The van der Waals surface area contributed by atoms with Crippen molar-refractivity contribution in [3.8, 4) is 0 Å². The summed E-state index contributed by atoms with van der Waals surface area (Å²) in [6, 6.07) is 14.6. The largest absolute Gasteiger partial charge is 0.369 e. The van der Waals surface area contributed by atoms with Gasteiger partial charge < -0.3 is 10.2 Å². The minimum atomic E-state index is -0.216. The molecule has 0 radical (unpaired) electrons. The average molecular weight is 355 g/mol. The number of piperazine rings is 1. The minimum absolute atomic E-state index is 0.0563. The zero-order valence-corrected chi connectivity index (χ0v) is 15.4. The van der Waals surface area contributed by atoms with Crippen molar-refractivity contribution in [2.45, 2.75) is 26.4 Å². The topological polar surface area (TPSA) is 35.6 Å². The molecule has 138 valence electrons. The first-order valence-electron chi connectivity index (χ1n) is 9.11. The number of halogens is 1. The van der Waals surface area contributed by atoms with Crippen LogP contribution < -0.4 is 10.2 Å². The molecule has 1 saturated heterocycles. The zero-order chi connectivity index (χ0) is 18.5. The molecule has 0 aromatic heterocycles. The van der Waals surface area contributed by atoms with Crippen LogP contribution in [-0.2, 0) is 11.3 Å². The molecule has 1 aliphatic rings. The summed E-state index contributed by atoms with van der Waals surface area (Å²) in [5, 5.41) is 3.03. The highest BCUT2D eigenvalue weighted by atomic mass is 19.1. The molecule has 2 aromatic carbocycles. The van der Waals surface area contributed by atoms with Gasteiger partial charge in [0.2, 0.25) is 5.91 Å². The maximum Gasteiger partial charge on any atom is 0.237 e. The van der Waals surface area contributed by atoms with Crippen LogP contribution in [0.1, 0.15) is 18.1 Å². The van der Waals surface area contributed by atoms with Gasteiger partial charge in [-0.1, -0.05) is 29.8 Å². The Labute approximate surface area is 154 Å². The number of nitrogens with one attached hydrogen (secondary N) is 1. The lowest BCUT2D eigenvalue weighted by atomic mass is 10.1. The van der Waals surface area contributed by atoms with E-state index >= 15 is 0 Å². The van der Waals surface area contributed by atoms with Crippen molar-refractivity contribution < 1.29 is 9.18 Å². The molecule has 0 unspecified atom stereocenters. The SMILES string of the molecule is Cc1ccc(CNC(=O)[C@H](C)N2CCN(c3ccc(F)cc3)CC2)cc1. The Kier molecular flexibility index (Phi) is 5.89. The second-order valence-electron chi connectivity index (χ2n) is 6.88. The maximum atomic E-state index is 13.1. The molecule has 2 aromatic rings. The Hall–Kier alpha value is -2.40. The second-order valence-corrected chi connectivity index (χ2v) is 6.88. The number of carbonyl (C=O) groups is 1. The fraction of sp³-hybridized carbons (Fsp3) is 0.381. The smallest absolute Gasteiger partial charge is 0.237 e.